The molecule has 0 aliphatic carbocycles. The Morgan fingerprint density at radius 1 is 1.69 bits per heavy atom. The molecule has 0 spiro atoms. The van der Waals surface area contributed by atoms with Gasteiger partial charge in [0, 0.05) is 18.1 Å². The van der Waals surface area contributed by atoms with E-state index in [1.165, 1.54) is 0 Å². The van der Waals surface area contributed by atoms with Gasteiger partial charge in [0.1, 0.15) is 0 Å². The van der Waals surface area contributed by atoms with Gasteiger partial charge in [-0.05, 0) is 25.7 Å². The molecule has 1 rings (SSSR count). The number of aromatic nitrogens is 2. The highest BCUT2D eigenvalue weighted by molar-refractivity contribution is 6.18. The summed E-state index contributed by atoms with van der Waals surface area (Å²) in [4.78, 5) is 11.6. The minimum absolute atomic E-state index is 0.0650. The summed E-state index contributed by atoms with van der Waals surface area (Å²) in [5.74, 6) is 1.12. The first-order valence-electron chi connectivity index (χ1n) is 5.49. The van der Waals surface area contributed by atoms with Crippen molar-refractivity contribution in [3.63, 3.8) is 0 Å². The molecule has 0 aliphatic heterocycles. The van der Waals surface area contributed by atoms with Gasteiger partial charge < -0.3 is 5.32 Å². The number of alkyl halides is 1. The van der Waals surface area contributed by atoms with Crippen LogP contribution in [0.25, 0.3) is 0 Å². The van der Waals surface area contributed by atoms with E-state index in [0.717, 1.165) is 18.5 Å². The van der Waals surface area contributed by atoms with Gasteiger partial charge in [-0.15, -0.1) is 11.6 Å². The molecule has 1 aromatic rings. The molecule has 90 valence electrons. The number of nitrogens with one attached hydrogen (secondary N) is 2. The largest absolute Gasteiger partial charge is 0.352 e. The minimum atomic E-state index is -0.0650. The van der Waals surface area contributed by atoms with Crippen molar-refractivity contribution in [3.8, 4) is 0 Å². The Hall–Kier alpha value is -1.03. The van der Waals surface area contributed by atoms with E-state index in [2.05, 4.69) is 22.4 Å². The van der Waals surface area contributed by atoms with Crippen LogP contribution in [-0.4, -0.2) is 28.5 Å². The van der Waals surface area contributed by atoms with Crippen LogP contribution in [0.4, 0.5) is 0 Å². The van der Waals surface area contributed by atoms with Crippen molar-refractivity contribution >= 4 is 17.5 Å². The number of aryl methyl sites for hydroxylation is 1. The highest BCUT2D eigenvalue weighted by Gasteiger charge is 2.09. The number of hydrogen-bond donors (Lipinski definition) is 2. The van der Waals surface area contributed by atoms with Crippen LogP contribution >= 0.6 is 11.6 Å². The molecule has 1 amide bonds. The maximum Gasteiger partial charge on any atom is 0.254 e. The topological polar surface area (TPSA) is 57.8 Å². The third-order valence-electron chi connectivity index (χ3n) is 2.50. The van der Waals surface area contributed by atoms with Crippen LogP contribution in [0.2, 0.25) is 0 Å². The van der Waals surface area contributed by atoms with E-state index in [4.69, 9.17) is 11.6 Å². The Morgan fingerprint density at radius 2 is 2.44 bits per heavy atom. The van der Waals surface area contributed by atoms with Crippen LogP contribution in [0.15, 0.2) is 6.20 Å². The monoisotopic (exact) mass is 243 g/mol. The van der Waals surface area contributed by atoms with Crippen molar-refractivity contribution in [2.24, 2.45) is 5.92 Å². The van der Waals surface area contributed by atoms with Crippen LogP contribution in [0.1, 0.15) is 35.8 Å². The van der Waals surface area contributed by atoms with Gasteiger partial charge in [0.15, 0.2) is 0 Å². The zero-order chi connectivity index (χ0) is 12.0. The number of rotatable bonds is 6. The van der Waals surface area contributed by atoms with Crippen molar-refractivity contribution in [2.75, 3.05) is 12.4 Å². The fourth-order valence-corrected chi connectivity index (χ4v) is 1.56. The van der Waals surface area contributed by atoms with Gasteiger partial charge in [-0.25, -0.2) is 0 Å². The second-order valence-electron chi connectivity index (χ2n) is 4.07. The highest BCUT2D eigenvalue weighted by atomic mass is 35.5. The number of hydrogen-bond acceptors (Lipinski definition) is 2. The molecule has 0 saturated heterocycles. The predicted octanol–water partition coefficient (Wildman–Crippen LogP) is 2.10. The number of carbonyl (C=O) groups excluding carboxylic acids is 1. The maximum atomic E-state index is 11.6. The molecule has 1 unspecified atom stereocenters. The summed E-state index contributed by atoms with van der Waals surface area (Å²) in [6, 6.07) is 0. The van der Waals surface area contributed by atoms with Gasteiger partial charge in [0.05, 0.1) is 11.8 Å². The molecule has 5 heteroatoms. The molecule has 0 aliphatic rings. The Kier molecular flexibility index (Phi) is 5.32. The zero-order valence-corrected chi connectivity index (χ0v) is 10.5. The molecule has 1 heterocycles. The van der Waals surface area contributed by atoms with Gasteiger partial charge >= 0.3 is 0 Å². The zero-order valence-electron chi connectivity index (χ0n) is 9.72. The Bertz CT molecular complexity index is 338. The molecule has 0 bridgehead atoms. The molecular weight excluding hydrogens is 226 g/mol. The molecule has 0 radical (unpaired) electrons. The standard InChI is InChI=1S/C11H18ClN3O/c1-8(6-12)4-3-5-13-11(16)10-7-14-15-9(10)2/h7-8H,3-6H2,1-2H3,(H,13,16)(H,14,15). The number of nitrogens with zero attached hydrogens (tertiary/aromatic N) is 1. The maximum absolute atomic E-state index is 11.6. The summed E-state index contributed by atoms with van der Waals surface area (Å²) in [7, 11) is 0. The lowest BCUT2D eigenvalue weighted by molar-refractivity contribution is 0.0952. The molecule has 0 aromatic carbocycles. The normalized spacial score (nSPS) is 12.4. The van der Waals surface area contributed by atoms with E-state index in [0.29, 0.717) is 23.9 Å². The van der Waals surface area contributed by atoms with E-state index in [9.17, 15) is 4.79 Å². The first-order valence-corrected chi connectivity index (χ1v) is 6.02. The van der Waals surface area contributed by atoms with E-state index >= 15 is 0 Å². The summed E-state index contributed by atoms with van der Waals surface area (Å²) in [6.07, 6.45) is 3.54. The van der Waals surface area contributed by atoms with E-state index in [1.807, 2.05) is 6.92 Å². The van der Waals surface area contributed by atoms with Gasteiger partial charge in [0.2, 0.25) is 0 Å². The summed E-state index contributed by atoms with van der Waals surface area (Å²) < 4.78 is 0. The van der Waals surface area contributed by atoms with E-state index in [-0.39, 0.29) is 5.91 Å². The highest BCUT2D eigenvalue weighted by Crippen LogP contribution is 2.07. The Morgan fingerprint density at radius 3 is 3.00 bits per heavy atom. The smallest absolute Gasteiger partial charge is 0.254 e. The third kappa shape index (κ3) is 3.85. The average Bonchev–Trinajstić information content (AvgIpc) is 2.70. The molecule has 16 heavy (non-hydrogen) atoms. The Balaban J connectivity index is 2.24. The summed E-state index contributed by atoms with van der Waals surface area (Å²) >= 11 is 5.70. The summed E-state index contributed by atoms with van der Waals surface area (Å²) in [6.45, 7) is 4.62. The second kappa shape index (κ2) is 6.53. The van der Waals surface area contributed by atoms with Crippen LogP contribution in [0.5, 0.6) is 0 Å². The molecule has 1 aromatic heterocycles. The average molecular weight is 244 g/mol. The quantitative estimate of drug-likeness (QED) is 0.594. The van der Waals surface area contributed by atoms with Gasteiger partial charge in [0.25, 0.3) is 5.91 Å². The fourth-order valence-electron chi connectivity index (χ4n) is 1.40. The summed E-state index contributed by atoms with van der Waals surface area (Å²) in [5.41, 5.74) is 1.41. The van der Waals surface area contributed by atoms with Crippen molar-refractivity contribution in [3.05, 3.63) is 17.5 Å². The van der Waals surface area contributed by atoms with Crippen molar-refractivity contribution in [1.82, 2.24) is 15.5 Å². The molecule has 0 saturated carbocycles. The SMILES string of the molecule is Cc1[nH]ncc1C(=O)NCCCC(C)CCl. The number of aromatic amines is 1. The van der Waals surface area contributed by atoms with Gasteiger partial charge in [-0.2, -0.15) is 5.10 Å². The lowest BCUT2D eigenvalue weighted by Crippen LogP contribution is -2.25. The number of H-pyrrole nitrogens is 1. The molecular formula is C11H18ClN3O. The van der Waals surface area contributed by atoms with Gasteiger partial charge in [-0.3, -0.25) is 9.89 Å². The van der Waals surface area contributed by atoms with E-state index < -0.39 is 0 Å². The van der Waals surface area contributed by atoms with Crippen LogP contribution in [0, 0.1) is 12.8 Å². The van der Waals surface area contributed by atoms with Gasteiger partial charge in [-0.1, -0.05) is 6.92 Å². The lowest BCUT2D eigenvalue weighted by atomic mass is 10.1. The third-order valence-corrected chi connectivity index (χ3v) is 3.02. The first-order chi connectivity index (χ1) is 7.65. The molecule has 1 atom stereocenters. The number of halogens is 1. The van der Waals surface area contributed by atoms with Crippen molar-refractivity contribution in [1.29, 1.82) is 0 Å². The predicted molar refractivity (Wildman–Crippen MR) is 64.8 cm³/mol. The van der Waals surface area contributed by atoms with Crippen molar-refractivity contribution < 1.29 is 4.79 Å². The minimum Gasteiger partial charge on any atom is -0.352 e. The first kappa shape index (κ1) is 13.0. The lowest BCUT2D eigenvalue weighted by Gasteiger charge is -2.07. The van der Waals surface area contributed by atoms with Crippen LogP contribution in [-0.2, 0) is 0 Å². The summed E-state index contributed by atoms with van der Waals surface area (Å²) in [5, 5.41) is 9.41. The molecule has 4 nitrogen and oxygen atoms in total. The van der Waals surface area contributed by atoms with Crippen LogP contribution < -0.4 is 5.32 Å². The van der Waals surface area contributed by atoms with Crippen molar-refractivity contribution in [2.45, 2.75) is 26.7 Å². The number of carbonyl (C=O) groups is 1. The number of amides is 1. The molecule has 2 N–H and O–H groups in total. The van der Waals surface area contributed by atoms with Crippen LogP contribution in [0.3, 0.4) is 0 Å². The fraction of sp³-hybridized carbons (Fsp3) is 0.636. The molecule has 0 fully saturated rings. The Labute approximate surface area is 101 Å². The second-order valence-corrected chi connectivity index (χ2v) is 4.37. The van der Waals surface area contributed by atoms with E-state index in [1.54, 1.807) is 6.20 Å².